The van der Waals surface area contributed by atoms with Crippen molar-refractivity contribution in [3.63, 3.8) is 0 Å². The fourth-order valence-electron chi connectivity index (χ4n) is 3.98. The third-order valence-electron chi connectivity index (χ3n) is 5.59. The number of benzene rings is 1. The van der Waals surface area contributed by atoms with Crippen LogP contribution in [0.5, 0.6) is 5.75 Å². The summed E-state index contributed by atoms with van der Waals surface area (Å²) >= 11 is 0. The molecule has 1 aromatic carbocycles. The summed E-state index contributed by atoms with van der Waals surface area (Å²) < 4.78 is 33.1. The molecule has 1 aliphatic heterocycles. The summed E-state index contributed by atoms with van der Waals surface area (Å²) in [6.07, 6.45) is 0.536. The van der Waals surface area contributed by atoms with E-state index in [9.17, 15) is 13.2 Å². The lowest BCUT2D eigenvalue weighted by atomic mass is 10.1. The highest BCUT2D eigenvalue weighted by atomic mass is 32.2. The van der Waals surface area contributed by atoms with Gasteiger partial charge in [0.1, 0.15) is 16.3 Å². The van der Waals surface area contributed by atoms with Gasteiger partial charge in [0.05, 0.1) is 24.2 Å². The lowest BCUT2D eigenvalue weighted by Gasteiger charge is -2.21. The third kappa shape index (κ3) is 4.00. The van der Waals surface area contributed by atoms with Crippen molar-refractivity contribution >= 4 is 15.9 Å². The Bertz CT molecular complexity index is 1210. The van der Waals surface area contributed by atoms with Crippen molar-refractivity contribution in [1.29, 1.82) is 0 Å². The summed E-state index contributed by atoms with van der Waals surface area (Å²) in [5, 5.41) is 13.8. The molecule has 32 heavy (non-hydrogen) atoms. The number of hydrogen-bond donors (Lipinski definition) is 2. The molecule has 0 bridgehead atoms. The largest absolute Gasteiger partial charge is 0.496 e. The number of para-hydroxylation sites is 1. The van der Waals surface area contributed by atoms with Crippen LogP contribution in [-0.2, 0) is 10.0 Å². The zero-order valence-corrected chi connectivity index (χ0v) is 19.1. The molecule has 2 aromatic heterocycles. The van der Waals surface area contributed by atoms with Gasteiger partial charge < -0.3 is 9.64 Å². The highest BCUT2D eigenvalue weighted by Gasteiger charge is 2.32. The van der Waals surface area contributed by atoms with Crippen LogP contribution >= 0.6 is 0 Å². The van der Waals surface area contributed by atoms with Crippen LogP contribution in [0.15, 0.2) is 35.2 Å². The Morgan fingerprint density at radius 3 is 2.56 bits per heavy atom. The van der Waals surface area contributed by atoms with Gasteiger partial charge in [0.2, 0.25) is 10.0 Å². The molecule has 0 aliphatic carbocycles. The fraction of sp³-hybridized carbons (Fsp3) is 0.381. The van der Waals surface area contributed by atoms with E-state index in [1.165, 1.54) is 4.31 Å². The Morgan fingerprint density at radius 1 is 1.06 bits per heavy atom. The minimum atomic E-state index is -3.69. The molecular weight excluding hydrogens is 432 g/mol. The number of H-pyrrole nitrogens is 2. The summed E-state index contributed by atoms with van der Waals surface area (Å²) in [6, 6.07) is 9.14. The molecule has 11 heteroatoms. The standard InChI is InChI=1S/C21H26N6O4S/c1-14-20(15(2)23-22-14)32(29,30)27-10-6-9-26(11-12-27)21(28)18-13-17(24-25-18)16-7-4-5-8-19(16)31-3/h4-5,7-8,13H,6,9-12H2,1-3H3,(H,22,23)(H,24,25). The average molecular weight is 459 g/mol. The molecule has 1 fully saturated rings. The van der Waals surface area contributed by atoms with Crippen LogP contribution in [0.4, 0.5) is 0 Å². The molecule has 0 saturated carbocycles. The highest BCUT2D eigenvalue weighted by molar-refractivity contribution is 7.89. The van der Waals surface area contributed by atoms with Gasteiger partial charge in [0, 0.05) is 31.7 Å². The maximum Gasteiger partial charge on any atom is 0.271 e. The number of methoxy groups -OCH3 is 1. The second-order valence-corrected chi connectivity index (χ2v) is 9.55. The maximum atomic E-state index is 13.1. The van der Waals surface area contributed by atoms with Gasteiger partial charge in [-0.25, -0.2) is 8.42 Å². The molecule has 1 aliphatic rings. The van der Waals surface area contributed by atoms with Crippen LogP contribution in [0.2, 0.25) is 0 Å². The van der Waals surface area contributed by atoms with Gasteiger partial charge in [-0.05, 0) is 38.5 Å². The normalized spacial score (nSPS) is 15.5. The number of ether oxygens (including phenoxy) is 1. The molecule has 0 unspecified atom stereocenters. The van der Waals surface area contributed by atoms with Crippen LogP contribution in [0.25, 0.3) is 11.3 Å². The summed E-state index contributed by atoms with van der Waals surface area (Å²) in [5.41, 5.74) is 2.70. The zero-order chi connectivity index (χ0) is 22.9. The van der Waals surface area contributed by atoms with Crippen molar-refractivity contribution in [3.05, 3.63) is 47.4 Å². The zero-order valence-electron chi connectivity index (χ0n) is 18.3. The van der Waals surface area contributed by atoms with Gasteiger partial charge >= 0.3 is 0 Å². The quantitative estimate of drug-likeness (QED) is 0.602. The van der Waals surface area contributed by atoms with Crippen molar-refractivity contribution in [3.8, 4) is 17.0 Å². The van der Waals surface area contributed by atoms with Gasteiger partial charge in [0.25, 0.3) is 5.91 Å². The SMILES string of the molecule is COc1ccccc1-c1cc(C(=O)N2CCCN(S(=O)(=O)c3c(C)n[nH]c3C)CC2)[nH]n1. The van der Waals surface area contributed by atoms with E-state index in [0.29, 0.717) is 48.0 Å². The molecule has 0 atom stereocenters. The summed E-state index contributed by atoms with van der Waals surface area (Å²) in [5.74, 6) is 0.451. The number of sulfonamides is 1. The predicted molar refractivity (Wildman–Crippen MR) is 118 cm³/mol. The Hall–Kier alpha value is -3.18. The van der Waals surface area contributed by atoms with Crippen molar-refractivity contribution < 1.29 is 17.9 Å². The Morgan fingerprint density at radius 2 is 1.84 bits per heavy atom. The van der Waals surface area contributed by atoms with E-state index in [1.54, 1.807) is 31.9 Å². The van der Waals surface area contributed by atoms with Gasteiger partial charge in [0.15, 0.2) is 0 Å². The second kappa shape index (κ2) is 8.75. The van der Waals surface area contributed by atoms with E-state index < -0.39 is 10.0 Å². The van der Waals surface area contributed by atoms with Crippen molar-refractivity contribution in [2.75, 3.05) is 33.3 Å². The van der Waals surface area contributed by atoms with Crippen LogP contribution < -0.4 is 4.74 Å². The van der Waals surface area contributed by atoms with Crippen molar-refractivity contribution in [2.45, 2.75) is 25.2 Å². The van der Waals surface area contributed by atoms with Crippen molar-refractivity contribution in [1.82, 2.24) is 29.6 Å². The molecule has 3 heterocycles. The Kier molecular flexibility index (Phi) is 6.02. The molecule has 1 amide bonds. The number of aromatic nitrogens is 4. The molecule has 170 valence electrons. The minimum Gasteiger partial charge on any atom is -0.496 e. The molecule has 1 saturated heterocycles. The van der Waals surface area contributed by atoms with Gasteiger partial charge in [-0.1, -0.05) is 12.1 Å². The molecular formula is C21H26N6O4S. The summed E-state index contributed by atoms with van der Waals surface area (Å²) in [6.45, 7) is 4.66. The van der Waals surface area contributed by atoms with E-state index in [-0.39, 0.29) is 23.9 Å². The summed E-state index contributed by atoms with van der Waals surface area (Å²) in [4.78, 5) is 15.0. The lowest BCUT2D eigenvalue weighted by molar-refractivity contribution is 0.0758. The number of nitrogens with one attached hydrogen (secondary N) is 2. The predicted octanol–water partition coefficient (Wildman–Crippen LogP) is 1.96. The first-order chi connectivity index (χ1) is 15.3. The highest BCUT2D eigenvalue weighted by Crippen LogP contribution is 2.29. The number of hydrogen-bond acceptors (Lipinski definition) is 6. The van der Waals surface area contributed by atoms with E-state index in [0.717, 1.165) is 5.56 Å². The van der Waals surface area contributed by atoms with Crippen LogP contribution in [0.3, 0.4) is 0 Å². The number of carbonyl (C=O) groups is 1. The Balaban J connectivity index is 1.50. The first-order valence-electron chi connectivity index (χ1n) is 10.3. The van der Waals surface area contributed by atoms with E-state index in [2.05, 4.69) is 20.4 Å². The van der Waals surface area contributed by atoms with E-state index in [4.69, 9.17) is 4.74 Å². The maximum absolute atomic E-state index is 13.1. The molecule has 0 spiro atoms. The molecule has 4 rings (SSSR count). The van der Waals surface area contributed by atoms with Gasteiger partial charge in [-0.2, -0.15) is 14.5 Å². The van der Waals surface area contributed by atoms with Crippen LogP contribution in [0, 0.1) is 13.8 Å². The minimum absolute atomic E-state index is 0.214. The van der Waals surface area contributed by atoms with Crippen LogP contribution in [0.1, 0.15) is 28.3 Å². The van der Waals surface area contributed by atoms with Gasteiger partial charge in [-0.3, -0.25) is 15.0 Å². The number of nitrogens with zero attached hydrogens (tertiary/aromatic N) is 4. The van der Waals surface area contributed by atoms with Gasteiger partial charge in [-0.15, -0.1) is 0 Å². The number of aromatic amines is 2. The average Bonchev–Trinajstić information content (AvgIpc) is 3.31. The molecule has 3 aromatic rings. The number of rotatable bonds is 5. The molecule has 2 N–H and O–H groups in total. The lowest BCUT2D eigenvalue weighted by Crippen LogP contribution is -2.37. The summed E-state index contributed by atoms with van der Waals surface area (Å²) in [7, 11) is -2.10. The monoisotopic (exact) mass is 458 g/mol. The topological polar surface area (TPSA) is 124 Å². The number of carbonyl (C=O) groups excluding carboxylic acids is 1. The Labute approximate surface area is 186 Å². The van der Waals surface area contributed by atoms with Crippen molar-refractivity contribution in [2.24, 2.45) is 0 Å². The third-order valence-corrected chi connectivity index (χ3v) is 7.75. The smallest absolute Gasteiger partial charge is 0.271 e. The van der Waals surface area contributed by atoms with Crippen LogP contribution in [-0.4, -0.2) is 77.2 Å². The fourth-order valence-corrected chi connectivity index (χ4v) is 5.78. The number of aryl methyl sites for hydroxylation is 2. The number of amides is 1. The molecule has 0 radical (unpaired) electrons. The van der Waals surface area contributed by atoms with E-state index in [1.807, 2.05) is 24.3 Å². The van der Waals surface area contributed by atoms with E-state index >= 15 is 0 Å². The first-order valence-corrected chi connectivity index (χ1v) is 11.8. The first kappa shape index (κ1) is 22.0. The molecule has 10 nitrogen and oxygen atoms in total. The second-order valence-electron chi connectivity index (χ2n) is 7.68.